The van der Waals surface area contributed by atoms with E-state index in [1.807, 2.05) is 55.5 Å². The van der Waals surface area contributed by atoms with Crippen molar-refractivity contribution in [3.05, 3.63) is 77.9 Å². The third-order valence-corrected chi connectivity index (χ3v) is 4.47. The number of nitrogens with one attached hydrogen (secondary N) is 1. The highest BCUT2D eigenvalue weighted by atomic mass is 16.1. The highest BCUT2D eigenvalue weighted by molar-refractivity contribution is 6.10. The summed E-state index contributed by atoms with van der Waals surface area (Å²) in [5.74, 6) is -0.165. The number of nitrogen functional groups attached to an aromatic ring is 1. The molecule has 4 aromatic rings. The van der Waals surface area contributed by atoms with E-state index < -0.39 is 0 Å². The molecule has 0 aliphatic rings. The number of aromatic nitrogens is 3. The summed E-state index contributed by atoms with van der Waals surface area (Å²) in [4.78, 5) is 22.0. The number of fused-ring (bicyclic) bond motifs is 2. The number of para-hydroxylation sites is 2. The molecule has 0 atom stereocenters. The number of amides is 1. The van der Waals surface area contributed by atoms with Crippen LogP contribution >= 0.6 is 0 Å². The molecule has 0 saturated heterocycles. The van der Waals surface area contributed by atoms with Gasteiger partial charge < -0.3 is 11.1 Å². The predicted molar refractivity (Wildman–Crippen MR) is 116 cm³/mol. The summed E-state index contributed by atoms with van der Waals surface area (Å²) in [5.41, 5.74) is 10.8. The van der Waals surface area contributed by atoms with E-state index in [-0.39, 0.29) is 17.3 Å². The molecular weight excluding hydrogens is 364 g/mol. The third kappa shape index (κ3) is 3.45. The lowest BCUT2D eigenvalue weighted by Gasteiger charge is -2.02. The van der Waals surface area contributed by atoms with Gasteiger partial charge in [0.25, 0.3) is 5.91 Å². The molecule has 0 spiro atoms. The van der Waals surface area contributed by atoms with Gasteiger partial charge in [-0.1, -0.05) is 48.0 Å². The maximum atomic E-state index is 12.7. The van der Waals surface area contributed by atoms with Crippen molar-refractivity contribution < 1.29 is 4.79 Å². The van der Waals surface area contributed by atoms with Crippen LogP contribution in [0.4, 0.5) is 5.82 Å². The highest BCUT2D eigenvalue weighted by Crippen LogP contribution is 2.27. The monoisotopic (exact) mass is 384 g/mol. The number of aryl methyl sites for hydroxylation is 1. The Hall–Kier alpha value is -4.00. The number of nitrogens with two attached hydrogens (primary N) is 1. The number of carbonyl (C=O) groups is 1. The lowest BCUT2D eigenvalue weighted by atomic mass is 10.2. The molecular formula is C22H20N6O. The zero-order chi connectivity index (χ0) is 20.4. The van der Waals surface area contributed by atoms with E-state index in [2.05, 4.69) is 27.0 Å². The van der Waals surface area contributed by atoms with Gasteiger partial charge in [0.15, 0.2) is 5.65 Å². The van der Waals surface area contributed by atoms with E-state index in [9.17, 15) is 4.79 Å². The molecule has 2 heterocycles. The first-order chi connectivity index (χ1) is 14.1. The summed E-state index contributed by atoms with van der Waals surface area (Å²) >= 11 is 0. The second kappa shape index (κ2) is 7.55. The Morgan fingerprint density at radius 1 is 1.21 bits per heavy atom. The van der Waals surface area contributed by atoms with Crippen LogP contribution < -0.4 is 11.1 Å². The second-order valence-electron chi connectivity index (χ2n) is 6.61. The van der Waals surface area contributed by atoms with Gasteiger partial charge in [0, 0.05) is 6.54 Å². The Kier molecular flexibility index (Phi) is 4.78. The van der Waals surface area contributed by atoms with E-state index in [0.29, 0.717) is 28.7 Å². The first-order valence-electron chi connectivity index (χ1n) is 9.15. The predicted octanol–water partition coefficient (Wildman–Crippen LogP) is 3.27. The molecule has 7 nitrogen and oxygen atoms in total. The van der Waals surface area contributed by atoms with Crippen LogP contribution in [0.1, 0.15) is 21.5 Å². The number of hydrogen-bond donors (Lipinski definition) is 2. The van der Waals surface area contributed by atoms with Gasteiger partial charge in [-0.05, 0) is 24.6 Å². The van der Waals surface area contributed by atoms with Crippen molar-refractivity contribution in [2.75, 3.05) is 12.3 Å². The fraction of sp³-hybridized carbons (Fsp3) is 0.0909. The maximum Gasteiger partial charge on any atom is 0.257 e. The molecule has 2 aromatic carbocycles. The normalized spacial score (nSPS) is 11.3. The van der Waals surface area contributed by atoms with Crippen molar-refractivity contribution in [1.82, 2.24) is 20.0 Å². The van der Waals surface area contributed by atoms with Gasteiger partial charge in [-0.2, -0.15) is 9.78 Å². The second-order valence-corrected chi connectivity index (χ2v) is 6.61. The average molecular weight is 384 g/mol. The molecule has 0 bridgehead atoms. The van der Waals surface area contributed by atoms with Crippen LogP contribution in [0.5, 0.6) is 0 Å². The van der Waals surface area contributed by atoms with Crippen molar-refractivity contribution in [3.63, 3.8) is 0 Å². The first-order valence-corrected chi connectivity index (χ1v) is 9.15. The van der Waals surface area contributed by atoms with Crippen molar-refractivity contribution in [1.29, 1.82) is 0 Å². The first kappa shape index (κ1) is 18.4. The summed E-state index contributed by atoms with van der Waals surface area (Å²) < 4.78 is 1.46. The van der Waals surface area contributed by atoms with Crippen molar-refractivity contribution in [2.45, 2.75) is 6.92 Å². The van der Waals surface area contributed by atoms with Gasteiger partial charge in [0.05, 0.1) is 17.2 Å². The Morgan fingerprint density at radius 2 is 1.97 bits per heavy atom. The smallest absolute Gasteiger partial charge is 0.257 e. The minimum atomic E-state index is -0.346. The summed E-state index contributed by atoms with van der Waals surface area (Å²) in [6.07, 6.45) is 3.29. The van der Waals surface area contributed by atoms with Gasteiger partial charge in [-0.3, -0.25) is 4.79 Å². The summed E-state index contributed by atoms with van der Waals surface area (Å²) in [6.45, 7) is 5.95. The molecule has 0 fully saturated rings. The summed E-state index contributed by atoms with van der Waals surface area (Å²) in [6, 6.07) is 15.4. The quantitative estimate of drug-likeness (QED) is 0.407. The molecule has 0 saturated carbocycles. The molecule has 3 N–H and O–H groups in total. The number of anilines is 1. The Bertz CT molecular complexity index is 1270. The number of carbonyl (C=O) groups excluding carboxylic acids is 1. The van der Waals surface area contributed by atoms with Crippen molar-refractivity contribution >= 4 is 40.1 Å². The van der Waals surface area contributed by atoms with E-state index in [0.717, 1.165) is 11.1 Å². The lowest BCUT2D eigenvalue weighted by molar-refractivity contribution is 0.0960. The van der Waals surface area contributed by atoms with Gasteiger partial charge in [0.2, 0.25) is 0 Å². The molecule has 1 amide bonds. The van der Waals surface area contributed by atoms with E-state index >= 15 is 0 Å². The minimum Gasteiger partial charge on any atom is -0.383 e. The van der Waals surface area contributed by atoms with E-state index in [1.54, 1.807) is 12.3 Å². The Labute approximate surface area is 167 Å². The molecule has 0 aliphatic heterocycles. The molecule has 4 rings (SSSR count). The standard InChI is InChI=1S/C22H20N6O/c1-3-11-24-22(29)18-19-21(27-17-10-5-4-9-16(17)26-19)28(20(18)23)25-13-15-8-6-7-14(2)12-15/h3-10,12-13H,1,11,23H2,2H3,(H,24,29)/b25-13-. The molecule has 29 heavy (non-hydrogen) atoms. The topological polar surface area (TPSA) is 98.2 Å². The van der Waals surface area contributed by atoms with Crippen LogP contribution in [0.15, 0.2) is 66.3 Å². The van der Waals surface area contributed by atoms with Crippen LogP contribution in [-0.4, -0.2) is 33.3 Å². The third-order valence-electron chi connectivity index (χ3n) is 4.47. The van der Waals surface area contributed by atoms with Crippen LogP contribution in [0.25, 0.3) is 22.2 Å². The molecule has 0 aliphatic carbocycles. The molecule has 144 valence electrons. The van der Waals surface area contributed by atoms with Gasteiger partial charge >= 0.3 is 0 Å². The van der Waals surface area contributed by atoms with Crippen LogP contribution in [-0.2, 0) is 0 Å². The maximum absolute atomic E-state index is 12.7. The molecule has 7 heteroatoms. The van der Waals surface area contributed by atoms with Gasteiger partial charge in [-0.25, -0.2) is 9.97 Å². The molecule has 0 radical (unpaired) electrons. The van der Waals surface area contributed by atoms with E-state index in [1.165, 1.54) is 4.68 Å². The fourth-order valence-electron chi connectivity index (χ4n) is 3.12. The summed E-state index contributed by atoms with van der Waals surface area (Å²) in [5, 5.41) is 7.25. The van der Waals surface area contributed by atoms with Crippen molar-refractivity contribution in [2.24, 2.45) is 5.10 Å². The summed E-state index contributed by atoms with van der Waals surface area (Å²) in [7, 11) is 0. The SMILES string of the molecule is C=CCNC(=O)c1c(N)n(/N=C\c2cccc(C)c2)c2nc3ccccc3nc12. The number of benzene rings is 2. The fourth-order valence-corrected chi connectivity index (χ4v) is 3.12. The average Bonchev–Trinajstić information content (AvgIpc) is 2.99. The van der Waals surface area contributed by atoms with Gasteiger partial charge in [0.1, 0.15) is 16.9 Å². The van der Waals surface area contributed by atoms with Crippen LogP contribution in [0.3, 0.4) is 0 Å². The Balaban J connectivity index is 1.92. The highest BCUT2D eigenvalue weighted by Gasteiger charge is 2.23. The zero-order valence-electron chi connectivity index (χ0n) is 16.0. The molecule has 2 aromatic heterocycles. The number of hydrogen-bond acceptors (Lipinski definition) is 5. The van der Waals surface area contributed by atoms with Crippen molar-refractivity contribution in [3.8, 4) is 0 Å². The Morgan fingerprint density at radius 3 is 2.69 bits per heavy atom. The van der Waals surface area contributed by atoms with Gasteiger partial charge in [-0.15, -0.1) is 6.58 Å². The van der Waals surface area contributed by atoms with Crippen LogP contribution in [0.2, 0.25) is 0 Å². The number of nitrogens with zero attached hydrogens (tertiary/aromatic N) is 4. The lowest BCUT2D eigenvalue weighted by Crippen LogP contribution is -2.24. The van der Waals surface area contributed by atoms with Crippen LogP contribution in [0, 0.1) is 6.92 Å². The molecule has 0 unspecified atom stereocenters. The zero-order valence-corrected chi connectivity index (χ0v) is 16.0. The van der Waals surface area contributed by atoms with E-state index in [4.69, 9.17) is 5.73 Å². The largest absolute Gasteiger partial charge is 0.383 e. The minimum absolute atomic E-state index is 0.181. The number of rotatable bonds is 5.